The normalized spacial score (nSPS) is 10.1. The van der Waals surface area contributed by atoms with Gasteiger partial charge in [0.15, 0.2) is 5.65 Å². The van der Waals surface area contributed by atoms with Gasteiger partial charge in [-0.3, -0.25) is 0 Å². The van der Waals surface area contributed by atoms with Gasteiger partial charge in [0.05, 0.1) is 6.20 Å². The van der Waals surface area contributed by atoms with Crippen LogP contribution in [0.1, 0.15) is 0 Å². The van der Waals surface area contributed by atoms with E-state index in [1.807, 2.05) is 0 Å². The molecule has 0 spiro atoms. The SMILES string of the molecule is NOc1ncc2nccnc2n1. The van der Waals surface area contributed by atoms with Gasteiger partial charge >= 0.3 is 6.01 Å². The summed E-state index contributed by atoms with van der Waals surface area (Å²) < 4.78 is 0. The predicted octanol–water partition coefficient (Wildman–Crippen LogP) is -0.328. The van der Waals surface area contributed by atoms with Crippen LogP contribution in [0, 0.1) is 0 Å². The highest BCUT2D eigenvalue weighted by Crippen LogP contribution is 2.06. The van der Waals surface area contributed by atoms with Gasteiger partial charge < -0.3 is 4.84 Å². The van der Waals surface area contributed by atoms with E-state index >= 15 is 0 Å². The molecule has 2 aromatic rings. The zero-order valence-electron chi connectivity index (χ0n) is 6.01. The minimum absolute atomic E-state index is 0.0861. The fourth-order valence-electron chi connectivity index (χ4n) is 0.811. The van der Waals surface area contributed by atoms with Gasteiger partial charge in [0.1, 0.15) is 5.52 Å². The highest BCUT2D eigenvalue weighted by atomic mass is 16.6. The zero-order valence-corrected chi connectivity index (χ0v) is 6.01. The summed E-state index contributed by atoms with van der Waals surface area (Å²) in [5, 5.41) is 0. The minimum atomic E-state index is 0.0861. The highest BCUT2D eigenvalue weighted by Gasteiger charge is 1.99. The minimum Gasteiger partial charge on any atom is -0.371 e. The van der Waals surface area contributed by atoms with E-state index in [2.05, 4.69) is 24.8 Å². The lowest BCUT2D eigenvalue weighted by molar-refractivity contribution is 0.307. The fraction of sp³-hybridized carbons (Fsp3) is 0. The molecule has 0 aliphatic carbocycles. The first-order valence-corrected chi connectivity index (χ1v) is 3.20. The molecule has 0 aliphatic heterocycles. The van der Waals surface area contributed by atoms with Gasteiger partial charge in [-0.15, -0.1) is 0 Å². The van der Waals surface area contributed by atoms with Crippen molar-refractivity contribution in [3.05, 3.63) is 18.6 Å². The summed E-state index contributed by atoms with van der Waals surface area (Å²) in [5.41, 5.74) is 1.08. The largest absolute Gasteiger partial charge is 0.371 e. The van der Waals surface area contributed by atoms with Crippen molar-refractivity contribution < 1.29 is 4.84 Å². The number of aromatic nitrogens is 4. The molecule has 6 heteroatoms. The maximum Gasteiger partial charge on any atom is 0.337 e. The molecule has 2 heterocycles. The summed E-state index contributed by atoms with van der Waals surface area (Å²) >= 11 is 0. The maximum atomic E-state index is 4.87. The summed E-state index contributed by atoms with van der Waals surface area (Å²) in [6, 6.07) is 0.0861. The van der Waals surface area contributed by atoms with Gasteiger partial charge in [-0.25, -0.2) is 9.97 Å². The Labute approximate surface area is 67.4 Å². The van der Waals surface area contributed by atoms with Gasteiger partial charge in [-0.2, -0.15) is 15.9 Å². The molecule has 0 amide bonds. The number of fused-ring (bicyclic) bond motifs is 1. The fourth-order valence-corrected chi connectivity index (χ4v) is 0.811. The first-order chi connectivity index (χ1) is 5.90. The van der Waals surface area contributed by atoms with E-state index in [0.29, 0.717) is 11.2 Å². The van der Waals surface area contributed by atoms with Crippen molar-refractivity contribution in [3.8, 4) is 6.01 Å². The van der Waals surface area contributed by atoms with Crippen LogP contribution in [-0.4, -0.2) is 19.9 Å². The van der Waals surface area contributed by atoms with E-state index in [1.54, 1.807) is 6.20 Å². The van der Waals surface area contributed by atoms with Crippen LogP contribution in [0.15, 0.2) is 18.6 Å². The number of hydrogen-bond acceptors (Lipinski definition) is 6. The molecule has 0 aliphatic rings. The van der Waals surface area contributed by atoms with E-state index in [9.17, 15) is 0 Å². The second kappa shape index (κ2) is 2.67. The van der Waals surface area contributed by atoms with Crippen molar-refractivity contribution in [3.63, 3.8) is 0 Å². The first kappa shape index (κ1) is 6.86. The molecule has 0 bridgehead atoms. The third-order valence-electron chi connectivity index (χ3n) is 1.31. The Balaban J connectivity index is 2.67. The number of hydrogen-bond donors (Lipinski definition) is 1. The van der Waals surface area contributed by atoms with Gasteiger partial charge in [0, 0.05) is 12.4 Å². The Morgan fingerprint density at radius 2 is 2.00 bits per heavy atom. The summed E-state index contributed by atoms with van der Waals surface area (Å²) in [6.07, 6.45) is 4.60. The average molecular weight is 163 g/mol. The van der Waals surface area contributed by atoms with Gasteiger partial charge in [-0.05, 0) is 0 Å². The van der Waals surface area contributed by atoms with E-state index in [1.165, 1.54) is 12.4 Å². The highest BCUT2D eigenvalue weighted by molar-refractivity contribution is 5.67. The van der Waals surface area contributed by atoms with Crippen LogP contribution >= 0.6 is 0 Å². The quantitative estimate of drug-likeness (QED) is 0.579. The Hall–Kier alpha value is -1.82. The molecule has 2 rings (SSSR count). The predicted molar refractivity (Wildman–Crippen MR) is 39.9 cm³/mol. The maximum absolute atomic E-state index is 4.87. The standard InChI is InChI=1S/C6H5N5O/c7-12-6-10-3-4-5(11-6)9-2-1-8-4/h1-3H,7H2. The summed E-state index contributed by atoms with van der Waals surface area (Å²) in [4.78, 5) is 19.9. The smallest absolute Gasteiger partial charge is 0.337 e. The molecule has 0 aromatic carbocycles. The lowest BCUT2D eigenvalue weighted by Crippen LogP contribution is -2.05. The van der Waals surface area contributed by atoms with Crippen molar-refractivity contribution in [2.75, 3.05) is 0 Å². The molecule has 2 N–H and O–H groups in total. The zero-order chi connectivity index (χ0) is 8.39. The van der Waals surface area contributed by atoms with Crippen molar-refractivity contribution in [2.45, 2.75) is 0 Å². The lowest BCUT2D eigenvalue weighted by atomic mass is 10.5. The Morgan fingerprint density at radius 1 is 1.17 bits per heavy atom. The van der Waals surface area contributed by atoms with E-state index in [4.69, 9.17) is 5.90 Å². The first-order valence-electron chi connectivity index (χ1n) is 3.20. The van der Waals surface area contributed by atoms with E-state index in [0.717, 1.165) is 0 Å². The number of nitrogens with zero attached hydrogens (tertiary/aromatic N) is 4. The number of rotatable bonds is 1. The van der Waals surface area contributed by atoms with E-state index < -0.39 is 0 Å². The molecule has 0 saturated carbocycles. The van der Waals surface area contributed by atoms with Crippen LogP contribution in [0.2, 0.25) is 0 Å². The van der Waals surface area contributed by atoms with Crippen LogP contribution in [-0.2, 0) is 0 Å². The molecular weight excluding hydrogens is 158 g/mol. The second-order valence-electron chi connectivity index (χ2n) is 2.04. The molecule has 0 saturated heterocycles. The number of nitrogens with two attached hydrogens (primary N) is 1. The molecule has 0 radical (unpaired) electrons. The van der Waals surface area contributed by atoms with E-state index in [-0.39, 0.29) is 6.01 Å². The molecule has 0 atom stereocenters. The molecular formula is C6H5N5O. The molecule has 6 nitrogen and oxygen atoms in total. The molecule has 0 fully saturated rings. The summed E-state index contributed by atoms with van der Waals surface area (Å²) in [7, 11) is 0. The Kier molecular flexibility index (Phi) is 1.52. The van der Waals surface area contributed by atoms with Crippen LogP contribution in [0.3, 0.4) is 0 Å². The monoisotopic (exact) mass is 163 g/mol. The van der Waals surface area contributed by atoms with Crippen molar-refractivity contribution in [1.82, 2.24) is 19.9 Å². The topological polar surface area (TPSA) is 86.8 Å². The average Bonchev–Trinajstić information content (AvgIpc) is 2.17. The van der Waals surface area contributed by atoms with Crippen molar-refractivity contribution in [2.24, 2.45) is 5.90 Å². The van der Waals surface area contributed by atoms with Crippen molar-refractivity contribution >= 4 is 11.2 Å². The van der Waals surface area contributed by atoms with Gasteiger partial charge in [-0.1, -0.05) is 0 Å². The van der Waals surface area contributed by atoms with Gasteiger partial charge in [0.2, 0.25) is 0 Å². The van der Waals surface area contributed by atoms with Crippen LogP contribution in [0.5, 0.6) is 6.01 Å². The third kappa shape index (κ3) is 1.04. The lowest BCUT2D eigenvalue weighted by Gasteiger charge is -1.96. The Bertz CT molecular complexity index is 404. The van der Waals surface area contributed by atoms with Crippen LogP contribution < -0.4 is 10.7 Å². The van der Waals surface area contributed by atoms with Crippen molar-refractivity contribution in [1.29, 1.82) is 0 Å². The molecule has 2 aromatic heterocycles. The molecule has 12 heavy (non-hydrogen) atoms. The van der Waals surface area contributed by atoms with Gasteiger partial charge in [0.25, 0.3) is 0 Å². The molecule has 60 valence electrons. The third-order valence-corrected chi connectivity index (χ3v) is 1.31. The second-order valence-corrected chi connectivity index (χ2v) is 2.04. The Morgan fingerprint density at radius 3 is 2.83 bits per heavy atom. The van der Waals surface area contributed by atoms with Crippen LogP contribution in [0.25, 0.3) is 11.2 Å². The summed E-state index contributed by atoms with van der Waals surface area (Å²) in [5.74, 6) is 4.87. The molecule has 0 unspecified atom stereocenters. The van der Waals surface area contributed by atoms with Crippen LogP contribution in [0.4, 0.5) is 0 Å². The summed E-state index contributed by atoms with van der Waals surface area (Å²) in [6.45, 7) is 0.